The molecule has 0 aromatic rings. The van der Waals surface area contributed by atoms with Gasteiger partial charge in [-0.05, 0) is 37.5 Å². The van der Waals surface area contributed by atoms with Crippen LogP contribution in [0.3, 0.4) is 0 Å². The van der Waals surface area contributed by atoms with Gasteiger partial charge in [0.05, 0.1) is 0 Å². The maximum Gasteiger partial charge on any atom is 0.246 e. The number of piperazine rings is 1. The number of hydrogen-bond acceptors (Lipinski definition) is 2. The highest BCUT2D eigenvalue weighted by atomic mass is 16.2. The molecule has 3 atom stereocenters. The Hall–Kier alpha value is -1.06. The summed E-state index contributed by atoms with van der Waals surface area (Å²) in [5.74, 6) is 1.36. The molecule has 1 saturated heterocycles. The molecule has 0 aromatic heterocycles. The molecule has 2 amide bonds. The van der Waals surface area contributed by atoms with Gasteiger partial charge in [0.2, 0.25) is 11.8 Å². The number of nitrogens with one attached hydrogen (secondary N) is 1. The van der Waals surface area contributed by atoms with Gasteiger partial charge in [-0.25, -0.2) is 0 Å². The molecule has 0 radical (unpaired) electrons. The van der Waals surface area contributed by atoms with E-state index in [1.54, 1.807) is 0 Å². The SMILES string of the molecule is CCC(CC1CC1)N1C(=O)C(CC(C)C)NC(=O)C1CC. The van der Waals surface area contributed by atoms with Crippen LogP contribution >= 0.6 is 0 Å². The third-order valence-electron chi connectivity index (χ3n) is 4.77. The molecule has 1 saturated carbocycles. The van der Waals surface area contributed by atoms with Gasteiger partial charge in [0.1, 0.15) is 12.1 Å². The first-order chi connectivity index (χ1) is 9.97. The Morgan fingerprint density at radius 3 is 2.33 bits per heavy atom. The van der Waals surface area contributed by atoms with E-state index in [1.807, 2.05) is 11.8 Å². The first kappa shape index (κ1) is 16.3. The van der Waals surface area contributed by atoms with Crippen molar-refractivity contribution in [2.45, 2.75) is 84.3 Å². The molecule has 1 heterocycles. The van der Waals surface area contributed by atoms with Crippen molar-refractivity contribution in [2.24, 2.45) is 11.8 Å². The quantitative estimate of drug-likeness (QED) is 0.785. The van der Waals surface area contributed by atoms with Crippen LogP contribution in [0.1, 0.15) is 66.2 Å². The second-order valence-corrected chi connectivity index (χ2v) is 7.10. The van der Waals surface area contributed by atoms with E-state index in [0.29, 0.717) is 12.3 Å². The van der Waals surface area contributed by atoms with E-state index in [2.05, 4.69) is 26.1 Å². The molecule has 0 aromatic carbocycles. The van der Waals surface area contributed by atoms with E-state index in [0.717, 1.165) is 25.2 Å². The van der Waals surface area contributed by atoms with Crippen molar-refractivity contribution in [3.05, 3.63) is 0 Å². The predicted octanol–water partition coefficient (Wildman–Crippen LogP) is 2.72. The lowest BCUT2D eigenvalue weighted by atomic mass is 9.94. The van der Waals surface area contributed by atoms with Crippen LogP contribution in [-0.4, -0.2) is 34.8 Å². The molecule has 2 fully saturated rings. The Balaban J connectivity index is 2.17. The first-order valence-corrected chi connectivity index (χ1v) is 8.60. The smallest absolute Gasteiger partial charge is 0.246 e. The number of carbonyl (C=O) groups is 2. The molecule has 4 heteroatoms. The first-order valence-electron chi connectivity index (χ1n) is 8.60. The Morgan fingerprint density at radius 1 is 1.19 bits per heavy atom. The molecule has 120 valence electrons. The van der Waals surface area contributed by atoms with Crippen LogP contribution < -0.4 is 5.32 Å². The van der Waals surface area contributed by atoms with Crippen molar-refractivity contribution >= 4 is 11.8 Å². The summed E-state index contributed by atoms with van der Waals surface area (Å²) in [6.07, 6.45) is 6.03. The van der Waals surface area contributed by atoms with E-state index in [4.69, 9.17) is 0 Å². The van der Waals surface area contributed by atoms with Gasteiger partial charge < -0.3 is 10.2 Å². The number of hydrogen-bond donors (Lipinski definition) is 1. The fourth-order valence-electron chi connectivity index (χ4n) is 3.45. The lowest BCUT2D eigenvalue weighted by Crippen LogP contribution is -2.65. The van der Waals surface area contributed by atoms with Gasteiger partial charge in [-0.2, -0.15) is 0 Å². The van der Waals surface area contributed by atoms with Crippen molar-refractivity contribution in [3.8, 4) is 0 Å². The lowest BCUT2D eigenvalue weighted by molar-refractivity contribution is -0.153. The molecule has 1 aliphatic heterocycles. The van der Waals surface area contributed by atoms with Crippen molar-refractivity contribution in [1.29, 1.82) is 0 Å². The van der Waals surface area contributed by atoms with Crippen LogP contribution in [0.5, 0.6) is 0 Å². The van der Waals surface area contributed by atoms with Crippen molar-refractivity contribution < 1.29 is 9.59 Å². The van der Waals surface area contributed by atoms with Crippen molar-refractivity contribution in [2.75, 3.05) is 0 Å². The summed E-state index contributed by atoms with van der Waals surface area (Å²) in [4.78, 5) is 27.2. The zero-order valence-corrected chi connectivity index (χ0v) is 13.9. The largest absolute Gasteiger partial charge is 0.342 e. The van der Waals surface area contributed by atoms with Crippen molar-refractivity contribution in [3.63, 3.8) is 0 Å². The fourth-order valence-corrected chi connectivity index (χ4v) is 3.45. The minimum absolute atomic E-state index is 0.0389. The maximum atomic E-state index is 12.9. The zero-order valence-electron chi connectivity index (χ0n) is 13.9. The van der Waals surface area contributed by atoms with E-state index >= 15 is 0 Å². The topological polar surface area (TPSA) is 49.4 Å². The Kier molecular flexibility index (Phi) is 5.28. The third-order valence-corrected chi connectivity index (χ3v) is 4.77. The van der Waals surface area contributed by atoms with Crippen LogP contribution in [-0.2, 0) is 9.59 Å². The normalized spacial score (nSPS) is 28.0. The van der Waals surface area contributed by atoms with Gasteiger partial charge in [-0.3, -0.25) is 9.59 Å². The maximum absolute atomic E-state index is 12.9. The monoisotopic (exact) mass is 294 g/mol. The van der Waals surface area contributed by atoms with E-state index < -0.39 is 0 Å². The van der Waals surface area contributed by atoms with E-state index in [9.17, 15) is 9.59 Å². The number of nitrogens with zero attached hydrogens (tertiary/aromatic N) is 1. The zero-order chi connectivity index (χ0) is 15.6. The fraction of sp³-hybridized carbons (Fsp3) is 0.882. The van der Waals surface area contributed by atoms with Crippen LogP contribution in [0.25, 0.3) is 0 Å². The second kappa shape index (κ2) is 6.80. The average molecular weight is 294 g/mol. The molecule has 1 N–H and O–H groups in total. The number of amides is 2. The number of rotatable bonds is 7. The standard InChI is InChI=1S/C17H30N2O2/c1-5-13(10-12-7-8-12)19-15(6-2)16(20)18-14(17(19)21)9-11(3)4/h11-15H,5-10H2,1-4H3,(H,18,20). The van der Waals surface area contributed by atoms with Gasteiger partial charge in [0.15, 0.2) is 0 Å². The Bertz CT molecular complexity index is 390. The van der Waals surface area contributed by atoms with Gasteiger partial charge >= 0.3 is 0 Å². The molecule has 2 aliphatic rings. The molecule has 21 heavy (non-hydrogen) atoms. The lowest BCUT2D eigenvalue weighted by Gasteiger charge is -2.43. The summed E-state index contributed by atoms with van der Waals surface area (Å²) in [6, 6.07) is -0.367. The molecule has 2 rings (SSSR count). The molecular formula is C17H30N2O2. The summed E-state index contributed by atoms with van der Waals surface area (Å²) in [5.41, 5.74) is 0. The highest BCUT2D eigenvalue weighted by Crippen LogP contribution is 2.36. The highest BCUT2D eigenvalue weighted by Gasteiger charge is 2.43. The molecule has 4 nitrogen and oxygen atoms in total. The summed E-state index contributed by atoms with van der Waals surface area (Å²) in [6.45, 7) is 8.32. The third kappa shape index (κ3) is 3.78. The van der Waals surface area contributed by atoms with Crippen molar-refractivity contribution in [1.82, 2.24) is 10.2 Å². The van der Waals surface area contributed by atoms with Gasteiger partial charge in [-0.15, -0.1) is 0 Å². The van der Waals surface area contributed by atoms with Crippen LogP contribution in [0, 0.1) is 11.8 Å². The summed E-state index contributed by atoms with van der Waals surface area (Å²) < 4.78 is 0. The highest BCUT2D eigenvalue weighted by molar-refractivity contribution is 5.97. The Labute approximate surface area is 128 Å². The minimum Gasteiger partial charge on any atom is -0.342 e. The summed E-state index contributed by atoms with van der Waals surface area (Å²) in [5, 5.41) is 2.95. The minimum atomic E-state index is -0.325. The molecule has 0 spiro atoms. The van der Waals surface area contributed by atoms with Crippen LogP contribution in [0.15, 0.2) is 0 Å². The van der Waals surface area contributed by atoms with Gasteiger partial charge in [0, 0.05) is 6.04 Å². The Morgan fingerprint density at radius 2 is 1.86 bits per heavy atom. The van der Waals surface area contributed by atoms with Gasteiger partial charge in [0.25, 0.3) is 0 Å². The second-order valence-electron chi connectivity index (χ2n) is 7.10. The molecule has 0 bridgehead atoms. The average Bonchev–Trinajstić information content (AvgIpc) is 3.23. The molecular weight excluding hydrogens is 264 g/mol. The molecule has 3 unspecified atom stereocenters. The van der Waals surface area contributed by atoms with Crippen LogP contribution in [0.4, 0.5) is 0 Å². The van der Waals surface area contributed by atoms with E-state index in [1.165, 1.54) is 12.8 Å². The summed E-state index contributed by atoms with van der Waals surface area (Å²) >= 11 is 0. The number of carbonyl (C=O) groups excluding carboxylic acids is 2. The summed E-state index contributed by atoms with van der Waals surface area (Å²) in [7, 11) is 0. The van der Waals surface area contributed by atoms with Gasteiger partial charge in [-0.1, -0.05) is 40.5 Å². The van der Waals surface area contributed by atoms with E-state index in [-0.39, 0.29) is 29.9 Å². The van der Waals surface area contributed by atoms with Crippen LogP contribution in [0.2, 0.25) is 0 Å². The molecule has 1 aliphatic carbocycles. The predicted molar refractivity (Wildman–Crippen MR) is 83.7 cm³/mol.